The Balaban J connectivity index is 3.57. The lowest BCUT2D eigenvalue weighted by Gasteiger charge is -2.40. The first kappa shape index (κ1) is 16.2. The highest BCUT2D eigenvalue weighted by molar-refractivity contribution is 5.46. The van der Waals surface area contributed by atoms with Gasteiger partial charge in [-0.05, 0) is 81.6 Å². The van der Waals surface area contributed by atoms with E-state index in [1.807, 2.05) is 0 Å². The van der Waals surface area contributed by atoms with Crippen molar-refractivity contribution in [2.24, 2.45) is 11.1 Å². The molecule has 0 saturated heterocycles. The molecule has 0 spiro atoms. The molecule has 0 bridgehead atoms. The fraction of sp³-hybridized carbons (Fsp3) is 0.647. The second kappa shape index (κ2) is 5.64. The molecule has 2 heteroatoms. The van der Waals surface area contributed by atoms with Crippen molar-refractivity contribution in [2.45, 2.75) is 47.6 Å². The van der Waals surface area contributed by atoms with Crippen LogP contribution in [0.1, 0.15) is 47.7 Å². The van der Waals surface area contributed by atoms with Crippen LogP contribution >= 0.6 is 0 Å². The third-order valence-electron chi connectivity index (χ3n) is 4.48. The van der Waals surface area contributed by atoms with Crippen LogP contribution in [0.3, 0.4) is 0 Å². The van der Waals surface area contributed by atoms with Gasteiger partial charge in [-0.2, -0.15) is 0 Å². The summed E-state index contributed by atoms with van der Waals surface area (Å²) < 4.78 is 0. The second-order valence-electron chi connectivity index (χ2n) is 6.73. The maximum Gasteiger partial charge on any atom is 0.0410 e. The van der Waals surface area contributed by atoms with Crippen molar-refractivity contribution in [1.82, 2.24) is 4.90 Å². The minimum atomic E-state index is 0.0548. The lowest BCUT2D eigenvalue weighted by Crippen LogP contribution is -2.39. The van der Waals surface area contributed by atoms with Crippen LogP contribution in [0, 0.1) is 33.1 Å². The van der Waals surface area contributed by atoms with Crippen molar-refractivity contribution < 1.29 is 0 Å². The zero-order valence-corrected chi connectivity index (χ0v) is 13.9. The van der Waals surface area contributed by atoms with Gasteiger partial charge in [0.05, 0.1) is 0 Å². The molecule has 0 heterocycles. The van der Waals surface area contributed by atoms with Gasteiger partial charge in [-0.1, -0.05) is 19.9 Å². The molecule has 19 heavy (non-hydrogen) atoms. The summed E-state index contributed by atoms with van der Waals surface area (Å²) in [5.74, 6) is 0. The van der Waals surface area contributed by atoms with Gasteiger partial charge in [0.1, 0.15) is 0 Å². The van der Waals surface area contributed by atoms with E-state index in [4.69, 9.17) is 5.73 Å². The standard InChI is InChI=1S/C17H30N2/c1-11-9-12(2)14(4)15(13(11)3)16(19(7)8)17(5,6)10-18/h9,16H,10,18H2,1-8H3. The number of rotatable bonds is 4. The first-order valence-electron chi connectivity index (χ1n) is 7.07. The second-order valence-corrected chi connectivity index (χ2v) is 6.73. The van der Waals surface area contributed by atoms with Crippen LogP contribution in [0.4, 0.5) is 0 Å². The van der Waals surface area contributed by atoms with E-state index < -0.39 is 0 Å². The summed E-state index contributed by atoms with van der Waals surface area (Å²) in [4.78, 5) is 2.31. The Morgan fingerprint density at radius 1 is 1.05 bits per heavy atom. The average Bonchev–Trinajstić information content (AvgIpc) is 2.31. The molecule has 1 aromatic carbocycles. The summed E-state index contributed by atoms with van der Waals surface area (Å²) in [6, 6.07) is 2.63. The summed E-state index contributed by atoms with van der Waals surface area (Å²) in [7, 11) is 4.30. The van der Waals surface area contributed by atoms with Gasteiger partial charge in [0.25, 0.3) is 0 Å². The minimum absolute atomic E-state index is 0.0548. The van der Waals surface area contributed by atoms with E-state index in [1.54, 1.807) is 0 Å². The van der Waals surface area contributed by atoms with Gasteiger partial charge in [0.2, 0.25) is 0 Å². The Kier molecular flexibility index (Phi) is 4.81. The first-order chi connectivity index (χ1) is 8.63. The fourth-order valence-corrected chi connectivity index (χ4v) is 3.12. The predicted molar refractivity (Wildman–Crippen MR) is 84.7 cm³/mol. The van der Waals surface area contributed by atoms with Crippen LogP contribution in [0.2, 0.25) is 0 Å². The Labute approximate surface area is 119 Å². The van der Waals surface area contributed by atoms with Gasteiger partial charge in [-0.3, -0.25) is 0 Å². The Morgan fingerprint density at radius 3 is 1.79 bits per heavy atom. The Bertz CT molecular complexity index is 433. The molecule has 1 aromatic rings. The molecule has 1 atom stereocenters. The summed E-state index contributed by atoms with van der Waals surface area (Å²) >= 11 is 0. The molecule has 2 N–H and O–H groups in total. The zero-order valence-electron chi connectivity index (χ0n) is 13.9. The van der Waals surface area contributed by atoms with Crippen molar-refractivity contribution in [2.75, 3.05) is 20.6 Å². The van der Waals surface area contributed by atoms with E-state index in [-0.39, 0.29) is 5.41 Å². The largest absolute Gasteiger partial charge is 0.330 e. The molecule has 108 valence electrons. The van der Waals surface area contributed by atoms with Crippen molar-refractivity contribution in [1.29, 1.82) is 0 Å². The third-order valence-corrected chi connectivity index (χ3v) is 4.48. The van der Waals surface area contributed by atoms with E-state index >= 15 is 0 Å². The first-order valence-corrected chi connectivity index (χ1v) is 7.07. The van der Waals surface area contributed by atoms with Gasteiger partial charge in [-0.15, -0.1) is 0 Å². The van der Waals surface area contributed by atoms with Crippen LogP contribution in [0.25, 0.3) is 0 Å². The van der Waals surface area contributed by atoms with E-state index in [0.717, 1.165) is 0 Å². The maximum atomic E-state index is 6.03. The Hall–Kier alpha value is -0.860. The lowest BCUT2D eigenvalue weighted by atomic mass is 9.75. The summed E-state index contributed by atoms with van der Waals surface area (Å²) in [6.07, 6.45) is 0. The maximum absolute atomic E-state index is 6.03. The molecular formula is C17H30N2. The number of aryl methyl sites for hydroxylation is 2. The van der Waals surface area contributed by atoms with E-state index in [0.29, 0.717) is 12.6 Å². The van der Waals surface area contributed by atoms with Crippen molar-refractivity contribution in [3.8, 4) is 0 Å². The molecule has 0 saturated carbocycles. The van der Waals surface area contributed by atoms with Gasteiger partial charge in [0, 0.05) is 6.04 Å². The molecule has 0 aliphatic rings. The van der Waals surface area contributed by atoms with Crippen LogP contribution in [0.15, 0.2) is 6.07 Å². The van der Waals surface area contributed by atoms with Crippen LogP contribution < -0.4 is 5.73 Å². The quantitative estimate of drug-likeness (QED) is 0.899. The fourth-order valence-electron chi connectivity index (χ4n) is 3.12. The molecule has 0 aliphatic heterocycles. The molecule has 0 fully saturated rings. The number of nitrogens with zero attached hydrogens (tertiary/aromatic N) is 1. The normalized spacial score (nSPS) is 14.0. The highest BCUT2D eigenvalue weighted by Crippen LogP contribution is 2.40. The molecule has 0 aliphatic carbocycles. The van der Waals surface area contributed by atoms with Crippen molar-refractivity contribution in [3.05, 3.63) is 33.9 Å². The third kappa shape index (κ3) is 3.01. The SMILES string of the molecule is Cc1cc(C)c(C)c(C(N(C)C)C(C)(C)CN)c1C. The van der Waals surface area contributed by atoms with E-state index in [1.165, 1.54) is 27.8 Å². The molecule has 1 rings (SSSR count). The van der Waals surface area contributed by atoms with Crippen LogP contribution in [-0.4, -0.2) is 25.5 Å². The minimum Gasteiger partial charge on any atom is -0.330 e. The van der Waals surface area contributed by atoms with Crippen molar-refractivity contribution in [3.63, 3.8) is 0 Å². The summed E-state index contributed by atoms with van der Waals surface area (Å²) in [6.45, 7) is 14.1. The van der Waals surface area contributed by atoms with Gasteiger partial charge in [-0.25, -0.2) is 0 Å². The lowest BCUT2D eigenvalue weighted by molar-refractivity contribution is 0.142. The summed E-state index contributed by atoms with van der Waals surface area (Å²) in [5.41, 5.74) is 13.1. The molecule has 2 nitrogen and oxygen atoms in total. The van der Waals surface area contributed by atoms with Gasteiger partial charge < -0.3 is 10.6 Å². The molecule has 0 radical (unpaired) electrons. The number of nitrogens with two attached hydrogens (primary N) is 1. The van der Waals surface area contributed by atoms with Crippen LogP contribution in [0.5, 0.6) is 0 Å². The van der Waals surface area contributed by atoms with E-state index in [2.05, 4.69) is 66.6 Å². The highest BCUT2D eigenvalue weighted by Gasteiger charge is 2.33. The monoisotopic (exact) mass is 262 g/mol. The number of benzene rings is 1. The highest BCUT2D eigenvalue weighted by atomic mass is 15.1. The zero-order chi connectivity index (χ0) is 15.0. The van der Waals surface area contributed by atoms with Crippen molar-refractivity contribution >= 4 is 0 Å². The van der Waals surface area contributed by atoms with Gasteiger partial charge in [0.15, 0.2) is 0 Å². The number of hydrogen-bond donors (Lipinski definition) is 1. The van der Waals surface area contributed by atoms with Crippen LogP contribution in [-0.2, 0) is 0 Å². The van der Waals surface area contributed by atoms with Gasteiger partial charge >= 0.3 is 0 Å². The molecule has 1 unspecified atom stereocenters. The molecule has 0 amide bonds. The Morgan fingerprint density at radius 2 is 1.47 bits per heavy atom. The smallest absolute Gasteiger partial charge is 0.0410 e. The topological polar surface area (TPSA) is 29.3 Å². The molecule has 0 aromatic heterocycles. The number of hydrogen-bond acceptors (Lipinski definition) is 2. The predicted octanol–water partition coefficient (Wildman–Crippen LogP) is 3.51. The van der Waals surface area contributed by atoms with E-state index in [9.17, 15) is 0 Å². The molecular weight excluding hydrogens is 232 g/mol. The average molecular weight is 262 g/mol. The summed E-state index contributed by atoms with van der Waals surface area (Å²) in [5, 5.41) is 0.